The molecule has 0 aliphatic heterocycles. The molecule has 1 aliphatic carbocycles. The van der Waals surface area contributed by atoms with Crippen molar-refractivity contribution in [3.63, 3.8) is 0 Å². The summed E-state index contributed by atoms with van der Waals surface area (Å²) in [4.78, 5) is 9.20. The molecule has 0 unspecified atom stereocenters. The van der Waals surface area contributed by atoms with Gasteiger partial charge in [0.1, 0.15) is 22.1 Å². The zero-order valence-corrected chi connectivity index (χ0v) is 20.5. The summed E-state index contributed by atoms with van der Waals surface area (Å²) in [5.41, 5.74) is 2.43. The maximum atomic E-state index is 13.5. The standard InChI is InChI=1S/C28H26N4O3S/c33-36(34,24-16-8-10-20-11-9-18-29-26(20)24)35-23-15-5-4-14-22(23)27-28(30-21-12-2-1-3-13-21)32-19-7-6-17-25(32)31-27/h4-11,14-19,21,30H,1-3,12-13H2. The number of para-hydroxylation sites is 2. The van der Waals surface area contributed by atoms with Crippen LogP contribution in [0.3, 0.4) is 0 Å². The maximum Gasteiger partial charge on any atom is 0.341 e. The highest BCUT2D eigenvalue weighted by molar-refractivity contribution is 7.87. The lowest BCUT2D eigenvalue weighted by atomic mass is 9.95. The van der Waals surface area contributed by atoms with Crippen molar-refractivity contribution in [3.8, 4) is 17.0 Å². The van der Waals surface area contributed by atoms with Gasteiger partial charge in [-0.05, 0) is 49.2 Å². The van der Waals surface area contributed by atoms with Gasteiger partial charge in [0.05, 0.1) is 5.52 Å². The van der Waals surface area contributed by atoms with E-state index in [1.807, 2.05) is 53.1 Å². The summed E-state index contributed by atoms with van der Waals surface area (Å²) in [7, 11) is -4.16. The van der Waals surface area contributed by atoms with Crippen LogP contribution in [0, 0.1) is 0 Å². The average Bonchev–Trinajstić information content (AvgIpc) is 3.27. The van der Waals surface area contributed by atoms with Crippen molar-refractivity contribution in [2.75, 3.05) is 5.32 Å². The third-order valence-corrected chi connectivity index (χ3v) is 7.95. The number of nitrogens with zero attached hydrogens (tertiary/aromatic N) is 3. The Bertz CT molecular complexity index is 1650. The summed E-state index contributed by atoms with van der Waals surface area (Å²) >= 11 is 0. The highest BCUT2D eigenvalue weighted by Crippen LogP contribution is 2.38. The summed E-state index contributed by atoms with van der Waals surface area (Å²) in [5, 5.41) is 4.43. The smallest absolute Gasteiger partial charge is 0.341 e. The number of hydrogen-bond acceptors (Lipinski definition) is 6. The first-order valence-corrected chi connectivity index (χ1v) is 13.6. The molecule has 182 valence electrons. The number of hydrogen-bond donors (Lipinski definition) is 1. The van der Waals surface area contributed by atoms with Gasteiger partial charge < -0.3 is 9.50 Å². The van der Waals surface area contributed by atoms with Crippen molar-refractivity contribution in [3.05, 3.63) is 85.2 Å². The van der Waals surface area contributed by atoms with Crippen LogP contribution in [0.15, 0.2) is 90.1 Å². The number of benzene rings is 2. The normalized spacial score (nSPS) is 14.8. The SMILES string of the molecule is O=S(=O)(Oc1ccccc1-c1nc2ccccn2c1NC1CCCCC1)c1cccc2cccnc12. The Morgan fingerprint density at radius 1 is 0.889 bits per heavy atom. The van der Waals surface area contributed by atoms with Gasteiger partial charge in [-0.1, -0.05) is 55.7 Å². The number of pyridine rings is 2. The van der Waals surface area contributed by atoms with Crippen molar-refractivity contribution < 1.29 is 12.6 Å². The predicted molar refractivity (Wildman–Crippen MR) is 141 cm³/mol. The molecule has 2 aromatic carbocycles. The van der Waals surface area contributed by atoms with E-state index < -0.39 is 10.1 Å². The van der Waals surface area contributed by atoms with Crippen molar-refractivity contribution in [1.82, 2.24) is 14.4 Å². The van der Waals surface area contributed by atoms with E-state index in [4.69, 9.17) is 9.17 Å². The van der Waals surface area contributed by atoms with Gasteiger partial charge in [0.15, 0.2) is 5.75 Å². The Morgan fingerprint density at radius 2 is 1.69 bits per heavy atom. The van der Waals surface area contributed by atoms with Gasteiger partial charge in [0.25, 0.3) is 0 Å². The lowest BCUT2D eigenvalue weighted by molar-refractivity contribution is 0.461. The summed E-state index contributed by atoms with van der Waals surface area (Å²) in [6, 6.07) is 22.0. The van der Waals surface area contributed by atoms with Gasteiger partial charge in [-0.3, -0.25) is 9.38 Å². The lowest BCUT2D eigenvalue weighted by Gasteiger charge is -2.24. The summed E-state index contributed by atoms with van der Waals surface area (Å²) < 4.78 is 34.7. The van der Waals surface area contributed by atoms with Crippen LogP contribution in [0.5, 0.6) is 5.75 Å². The van der Waals surface area contributed by atoms with Gasteiger partial charge in [-0.15, -0.1) is 0 Å². The number of anilines is 1. The van der Waals surface area contributed by atoms with Crippen LogP contribution in [0.2, 0.25) is 0 Å². The van der Waals surface area contributed by atoms with E-state index in [1.165, 1.54) is 25.3 Å². The van der Waals surface area contributed by atoms with E-state index in [-0.39, 0.29) is 10.6 Å². The van der Waals surface area contributed by atoms with E-state index in [1.54, 1.807) is 30.5 Å². The molecule has 8 heteroatoms. The first-order valence-electron chi connectivity index (χ1n) is 12.2. The summed E-state index contributed by atoms with van der Waals surface area (Å²) in [6.07, 6.45) is 9.39. The number of imidazole rings is 1. The molecule has 5 aromatic rings. The molecular formula is C28H26N4O3S. The van der Waals surface area contributed by atoms with E-state index >= 15 is 0 Å². The van der Waals surface area contributed by atoms with E-state index in [9.17, 15) is 8.42 Å². The molecule has 1 fully saturated rings. The topological polar surface area (TPSA) is 85.6 Å². The highest BCUT2D eigenvalue weighted by Gasteiger charge is 2.25. The molecule has 0 atom stereocenters. The van der Waals surface area contributed by atoms with Crippen molar-refractivity contribution in [2.24, 2.45) is 0 Å². The van der Waals surface area contributed by atoms with Crippen molar-refractivity contribution in [2.45, 2.75) is 43.0 Å². The molecule has 36 heavy (non-hydrogen) atoms. The van der Waals surface area contributed by atoms with E-state index in [0.29, 0.717) is 22.8 Å². The Hall–Kier alpha value is -3.91. The second-order valence-corrected chi connectivity index (χ2v) is 10.6. The Balaban J connectivity index is 1.44. The van der Waals surface area contributed by atoms with Crippen molar-refractivity contribution in [1.29, 1.82) is 0 Å². The Kier molecular flexibility index (Phi) is 5.81. The van der Waals surface area contributed by atoms with Crippen LogP contribution in [0.4, 0.5) is 5.82 Å². The third-order valence-electron chi connectivity index (χ3n) is 6.68. The van der Waals surface area contributed by atoms with E-state index in [2.05, 4.69) is 10.3 Å². The summed E-state index contributed by atoms with van der Waals surface area (Å²) in [5.74, 6) is 1.07. The zero-order valence-electron chi connectivity index (χ0n) is 19.7. The zero-order chi connectivity index (χ0) is 24.5. The fourth-order valence-electron chi connectivity index (χ4n) is 4.94. The monoisotopic (exact) mass is 498 g/mol. The van der Waals surface area contributed by atoms with Crippen LogP contribution < -0.4 is 9.50 Å². The van der Waals surface area contributed by atoms with E-state index in [0.717, 1.165) is 29.7 Å². The second-order valence-electron chi connectivity index (χ2n) is 9.08. The van der Waals surface area contributed by atoms with Gasteiger partial charge in [-0.25, -0.2) is 4.98 Å². The third kappa shape index (κ3) is 4.18. The largest absolute Gasteiger partial charge is 0.378 e. The molecule has 0 radical (unpaired) electrons. The minimum absolute atomic E-state index is 0.0333. The number of aromatic nitrogens is 3. The molecule has 0 bridgehead atoms. The van der Waals surface area contributed by atoms with Crippen LogP contribution in [-0.4, -0.2) is 28.8 Å². The van der Waals surface area contributed by atoms with Crippen LogP contribution >= 0.6 is 0 Å². The maximum absolute atomic E-state index is 13.5. The number of nitrogens with one attached hydrogen (secondary N) is 1. The van der Waals surface area contributed by atoms with Gasteiger partial charge in [-0.2, -0.15) is 8.42 Å². The van der Waals surface area contributed by atoms with Crippen LogP contribution in [-0.2, 0) is 10.1 Å². The quantitative estimate of drug-likeness (QED) is 0.286. The second kappa shape index (κ2) is 9.28. The van der Waals surface area contributed by atoms with Gasteiger partial charge in [0, 0.05) is 29.4 Å². The molecule has 3 heterocycles. The van der Waals surface area contributed by atoms with Crippen LogP contribution in [0.1, 0.15) is 32.1 Å². The van der Waals surface area contributed by atoms with Crippen molar-refractivity contribution >= 4 is 32.5 Å². The Morgan fingerprint density at radius 3 is 2.58 bits per heavy atom. The number of rotatable bonds is 6. The highest BCUT2D eigenvalue weighted by atomic mass is 32.2. The predicted octanol–water partition coefficient (Wildman–Crippen LogP) is 6.06. The van der Waals surface area contributed by atoms with Crippen LogP contribution in [0.25, 0.3) is 27.8 Å². The number of fused-ring (bicyclic) bond motifs is 2. The van der Waals surface area contributed by atoms with Gasteiger partial charge in [0.2, 0.25) is 0 Å². The fourth-order valence-corrected chi connectivity index (χ4v) is 6.06. The molecule has 1 saturated carbocycles. The molecule has 0 amide bonds. The molecule has 1 N–H and O–H groups in total. The molecule has 7 nitrogen and oxygen atoms in total. The summed E-state index contributed by atoms with van der Waals surface area (Å²) in [6.45, 7) is 0. The molecule has 0 saturated heterocycles. The fraction of sp³-hybridized carbons (Fsp3) is 0.214. The minimum atomic E-state index is -4.16. The molecular weight excluding hydrogens is 472 g/mol. The van der Waals surface area contributed by atoms with Gasteiger partial charge >= 0.3 is 10.1 Å². The first kappa shape index (κ1) is 22.5. The first-order chi connectivity index (χ1) is 17.6. The molecule has 3 aromatic heterocycles. The minimum Gasteiger partial charge on any atom is -0.378 e. The molecule has 1 aliphatic rings. The lowest BCUT2D eigenvalue weighted by Crippen LogP contribution is -2.23. The molecule has 0 spiro atoms. The Labute approximate surface area is 209 Å². The molecule has 6 rings (SSSR count). The average molecular weight is 499 g/mol.